The number of hydrogen-bond donors (Lipinski definition) is 0. The van der Waals surface area contributed by atoms with E-state index in [9.17, 15) is 4.79 Å². The molecule has 0 unspecified atom stereocenters. The van der Waals surface area contributed by atoms with Crippen molar-refractivity contribution in [2.24, 2.45) is 0 Å². The Hall–Kier alpha value is -1.82. The second-order valence-corrected chi connectivity index (χ2v) is 3.46. The summed E-state index contributed by atoms with van der Waals surface area (Å²) in [5.74, 6) is 0.581. The Kier molecular flexibility index (Phi) is 4.07. The van der Waals surface area contributed by atoms with E-state index in [2.05, 4.69) is 0 Å². The van der Waals surface area contributed by atoms with Crippen molar-refractivity contribution >= 4 is 5.78 Å². The minimum Gasteiger partial charge on any atom is -0.494 e. The lowest BCUT2D eigenvalue weighted by Crippen LogP contribution is -2.04. The van der Waals surface area contributed by atoms with Gasteiger partial charge in [0.15, 0.2) is 5.78 Å². The third-order valence-electron chi connectivity index (χ3n) is 2.36. The summed E-state index contributed by atoms with van der Waals surface area (Å²) in [5, 5.41) is 9.02. The zero-order valence-corrected chi connectivity index (χ0v) is 9.83. The standard InChI is InChI=1S/C13H15NO2/c1-4-10-6-12(16-5-2)7-11(8-14)13(10)9(3)15/h6-7H,4-5H2,1-3H3. The number of hydrogen-bond acceptors (Lipinski definition) is 3. The molecule has 0 atom stereocenters. The molecule has 3 heteroatoms. The van der Waals surface area contributed by atoms with Gasteiger partial charge < -0.3 is 4.74 Å². The zero-order chi connectivity index (χ0) is 12.1. The van der Waals surface area contributed by atoms with E-state index in [1.165, 1.54) is 6.92 Å². The molecule has 0 aliphatic rings. The highest BCUT2D eigenvalue weighted by molar-refractivity contribution is 5.98. The van der Waals surface area contributed by atoms with E-state index >= 15 is 0 Å². The molecule has 0 heterocycles. The van der Waals surface area contributed by atoms with E-state index in [-0.39, 0.29) is 5.78 Å². The fourth-order valence-corrected chi connectivity index (χ4v) is 1.71. The molecule has 0 aliphatic carbocycles. The third kappa shape index (κ3) is 2.40. The fourth-order valence-electron chi connectivity index (χ4n) is 1.71. The highest BCUT2D eigenvalue weighted by Crippen LogP contribution is 2.23. The van der Waals surface area contributed by atoms with Gasteiger partial charge in [0.05, 0.1) is 12.2 Å². The molecule has 0 saturated carbocycles. The first-order chi connectivity index (χ1) is 7.63. The monoisotopic (exact) mass is 217 g/mol. The molecule has 0 fully saturated rings. The average molecular weight is 217 g/mol. The number of aryl methyl sites for hydroxylation is 1. The normalized spacial score (nSPS) is 9.62. The molecule has 0 amide bonds. The number of carbonyl (C=O) groups is 1. The van der Waals surface area contributed by atoms with Crippen LogP contribution < -0.4 is 4.74 Å². The van der Waals surface area contributed by atoms with Gasteiger partial charge in [-0.05, 0) is 38.0 Å². The number of ketones is 1. The molecule has 0 spiro atoms. The summed E-state index contributed by atoms with van der Waals surface area (Å²) < 4.78 is 5.36. The van der Waals surface area contributed by atoms with Gasteiger partial charge >= 0.3 is 0 Å². The maximum absolute atomic E-state index is 11.5. The Morgan fingerprint density at radius 1 is 1.44 bits per heavy atom. The first kappa shape index (κ1) is 12.3. The number of rotatable bonds is 4. The lowest BCUT2D eigenvalue weighted by molar-refractivity contribution is 0.101. The largest absolute Gasteiger partial charge is 0.494 e. The molecule has 1 aromatic rings. The maximum atomic E-state index is 11.5. The van der Waals surface area contributed by atoms with Gasteiger partial charge in [0.25, 0.3) is 0 Å². The van der Waals surface area contributed by atoms with E-state index < -0.39 is 0 Å². The maximum Gasteiger partial charge on any atom is 0.161 e. The van der Waals surface area contributed by atoms with E-state index in [1.807, 2.05) is 26.0 Å². The number of Topliss-reactive ketones (excluding diaryl/α,β-unsaturated/α-hetero) is 1. The average Bonchev–Trinajstić information content (AvgIpc) is 2.27. The summed E-state index contributed by atoms with van der Waals surface area (Å²) in [6.45, 7) is 5.87. The van der Waals surface area contributed by atoms with Crippen LogP contribution in [0.5, 0.6) is 5.75 Å². The second kappa shape index (κ2) is 5.32. The quantitative estimate of drug-likeness (QED) is 0.728. The SMILES string of the molecule is CCOc1cc(C#N)c(C(C)=O)c(CC)c1. The summed E-state index contributed by atoms with van der Waals surface area (Å²) in [6.07, 6.45) is 0.713. The van der Waals surface area contributed by atoms with E-state index in [0.717, 1.165) is 5.56 Å². The Balaban J connectivity index is 3.38. The van der Waals surface area contributed by atoms with Crippen LogP contribution in [0.15, 0.2) is 12.1 Å². The molecule has 0 bridgehead atoms. The lowest BCUT2D eigenvalue weighted by atomic mass is 9.96. The highest BCUT2D eigenvalue weighted by Gasteiger charge is 2.14. The molecule has 0 aromatic heterocycles. The van der Waals surface area contributed by atoms with Crippen molar-refractivity contribution in [1.29, 1.82) is 5.26 Å². The Morgan fingerprint density at radius 2 is 2.12 bits per heavy atom. The van der Waals surface area contributed by atoms with Crippen LogP contribution in [-0.4, -0.2) is 12.4 Å². The number of nitrogens with zero attached hydrogens (tertiary/aromatic N) is 1. The summed E-state index contributed by atoms with van der Waals surface area (Å²) in [4.78, 5) is 11.5. The van der Waals surface area contributed by atoms with Crippen LogP contribution in [0.1, 0.15) is 42.3 Å². The van der Waals surface area contributed by atoms with E-state index in [4.69, 9.17) is 10.00 Å². The summed E-state index contributed by atoms with van der Waals surface area (Å²) in [7, 11) is 0. The Morgan fingerprint density at radius 3 is 2.56 bits per heavy atom. The Bertz CT molecular complexity index is 444. The van der Waals surface area contributed by atoms with E-state index in [0.29, 0.717) is 29.9 Å². The van der Waals surface area contributed by atoms with E-state index in [1.54, 1.807) is 6.07 Å². The van der Waals surface area contributed by atoms with Crippen molar-refractivity contribution < 1.29 is 9.53 Å². The highest BCUT2D eigenvalue weighted by atomic mass is 16.5. The van der Waals surface area contributed by atoms with Crippen molar-refractivity contribution in [3.05, 3.63) is 28.8 Å². The molecule has 1 rings (SSSR count). The molecule has 16 heavy (non-hydrogen) atoms. The minimum atomic E-state index is -0.0727. The summed E-state index contributed by atoms with van der Waals surface area (Å²) in [5.41, 5.74) is 1.79. The summed E-state index contributed by atoms with van der Waals surface area (Å²) in [6, 6.07) is 5.51. The van der Waals surface area contributed by atoms with Gasteiger partial charge in [-0.25, -0.2) is 0 Å². The molecular weight excluding hydrogens is 202 g/mol. The van der Waals surface area contributed by atoms with Crippen LogP contribution in [0.2, 0.25) is 0 Å². The second-order valence-electron chi connectivity index (χ2n) is 3.46. The van der Waals surface area contributed by atoms with Gasteiger partial charge in [-0.3, -0.25) is 4.79 Å². The van der Waals surface area contributed by atoms with Gasteiger partial charge in [0, 0.05) is 5.56 Å². The molecule has 3 nitrogen and oxygen atoms in total. The molecule has 0 N–H and O–H groups in total. The first-order valence-electron chi connectivity index (χ1n) is 5.34. The number of carbonyl (C=O) groups excluding carboxylic acids is 1. The van der Waals surface area contributed by atoms with Crippen molar-refractivity contribution in [2.75, 3.05) is 6.61 Å². The smallest absolute Gasteiger partial charge is 0.161 e. The topological polar surface area (TPSA) is 50.1 Å². The minimum absolute atomic E-state index is 0.0727. The van der Waals surface area contributed by atoms with Gasteiger partial charge in [-0.15, -0.1) is 0 Å². The van der Waals surface area contributed by atoms with Crippen LogP contribution in [0.4, 0.5) is 0 Å². The van der Waals surface area contributed by atoms with Crippen LogP contribution in [0.3, 0.4) is 0 Å². The molecular formula is C13H15NO2. The van der Waals surface area contributed by atoms with Crippen LogP contribution in [0.25, 0.3) is 0 Å². The van der Waals surface area contributed by atoms with Crippen LogP contribution >= 0.6 is 0 Å². The third-order valence-corrected chi connectivity index (χ3v) is 2.36. The number of nitriles is 1. The molecule has 0 radical (unpaired) electrons. The van der Waals surface area contributed by atoms with Gasteiger partial charge in [0.2, 0.25) is 0 Å². The van der Waals surface area contributed by atoms with Crippen LogP contribution in [0, 0.1) is 11.3 Å². The van der Waals surface area contributed by atoms with Gasteiger partial charge in [-0.2, -0.15) is 5.26 Å². The Labute approximate surface area is 95.7 Å². The summed E-state index contributed by atoms with van der Waals surface area (Å²) >= 11 is 0. The van der Waals surface area contributed by atoms with Gasteiger partial charge in [0.1, 0.15) is 11.8 Å². The van der Waals surface area contributed by atoms with Crippen molar-refractivity contribution in [3.8, 4) is 11.8 Å². The van der Waals surface area contributed by atoms with Gasteiger partial charge in [-0.1, -0.05) is 6.92 Å². The molecule has 1 aromatic carbocycles. The first-order valence-corrected chi connectivity index (χ1v) is 5.34. The zero-order valence-electron chi connectivity index (χ0n) is 9.83. The predicted molar refractivity (Wildman–Crippen MR) is 61.7 cm³/mol. The number of benzene rings is 1. The molecule has 0 saturated heterocycles. The van der Waals surface area contributed by atoms with Crippen molar-refractivity contribution in [2.45, 2.75) is 27.2 Å². The van der Waals surface area contributed by atoms with Crippen molar-refractivity contribution in [3.63, 3.8) is 0 Å². The number of ether oxygens (including phenoxy) is 1. The lowest BCUT2D eigenvalue weighted by Gasteiger charge is -2.10. The molecule has 84 valence electrons. The predicted octanol–water partition coefficient (Wildman–Crippen LogP) is 2.72. The van der Waals surface area contributed by atoms with Crippen molar-refractivity contribution in [1.82, 2.24) is 0 Å². The molecule has 0 aliphatic heterocycles. The fraction of sp³-hybridized carbons (Fsp3) is 0.385. The van der Waals surface area contributed by atoms with Crippen LogP contribution in [-0.2, 0) is 6.42 Å².